The van der Waals surface area contributed by atoms with Crippen molar-refractivity contribution < 1.29 is 9.53 Å². The second kappa shape index (κ2) is 8.04. The molecule has 0 aliphatic carbocycles. The van der Waals surface area contributed by atoms with E-state index in [4.69, 9.17) is 16.3 Å². The van der Waals surface area contributed by atoms with Crippen molar-refractivity contribution in [2.24, 2.45) is 0 Å². The van der Waals surface area contributed by atoms with Gasteiger partial charge in [0.25, 0.3) is 5.56 Å². The zero-order valence-electron chi connectivity index (χ0n) is 14.6. The van der Waals surface area contributed by atoms with E-state index in [1.165, 1.54) is 11.8 Å². The van der Waals surface area contributed by atoms with Gasteiger partial charge in [0.1, 0.15) is 12.4 Å². The molecule has 7 heteroatoms. The molecule has 140 valence electrons. The summed E-state index contributed by atoms with van der Waals surface area (Å²) in [6.45, 7) is -0.102. The van der Waals surface area contributed by atoms with E-state index in [2.05, 4.69) is 9.97 Å². The molecular formula is C21H15ClN2O3S. The van der Waals surface area contributed by atoms with Crippen molar-refractivity contribution in [2.45, 2.75) is 11.5 Å². The Labute approximate surface area is 169 Å². The topological polar surface area (TPSA) is 72.0 Å². The first-order chi connectivity index (χ1) is 13.6. The number of thioether (sulfide) groups is 1. The smallest absolute Gasteiger partial charge is 0.316 e. The highest BCUT2D eigenvalue weighted by molar-refractivity contribution is 8.00. The largest absolute Gasteiger partial charge is 0.457 e. The van der Waals surface area contributed by atoms with E-state index in [0.717, 1.165) is 15.7 Å². The maximum Gasteiger partial charge on any atom is 0.316 e. The van der Waals surface area contributed by atoms with E-state index in [0.29, 0.717) is 15.9 Å². The summed E-state index contributed by atoms with van der Waals surface area (Å²) in [5.74, 6) is 0.0675. The number of fused-ring (bicyclic) bond motifs is 2. The van der Waals surface area contributed by atoms with Crippen molar-refractivity contribution in [1.29, 1.82) is 0 Å². The Morgan fingerprint density at radius 3 is 2.75 bits per heavy atom. The van der Waals surface area contributed by atoms with Gasteiger partial charge in [-0.05, 0) is 41.1 Å². The number of carbonyl (C=O) groups excluding carboxylic acids is 1. The Hall–Kier alpha value is -2.83. The van der Waals surface area contributed by atoms with Crippen molar-refractivity contribution in [3.05, 3.63) is 81.9 Å². The number of benzene rings is 3. The maximum atomic E-state index is 12.1. The van der Waals surface area contributed by atoms with Gasteiger partial charge in [0.05, 0.1) is 16.7 Å². The quantitative estimate of drug-likeness (QED) is 0.385. The molecular weight excluding hydrogens is 396 g/mol. The fourth-order valence-corrected chi connectivity index (χ4v) is 3.73. The lowest BCUT2D eigenvalue weighted by Crippen LogP contribution is -2.15. The molecule has 1 heterocycles. The molecule has 1 aromatic heterocycles. The first kappa shape index (κ1) is 18.5. The van der Waals surface area contributed by atoms with Crippen LogP contribution in [0.2, 0.25) is 5.02 Å². The molecule has 0 fully saturated rings. The monoisotopic (exact) mass is 410 g/mol. The summed E-state index contributed by atoms with van der Waals surface area (Å²) in [7, 11) is 0. The van der Waals surface area contributed by atoms with Crippen LogP contribution in [0.1, 0.15) is 5.82 Å². The van der Waals surface area contributed by atoms with Gasteiger partial charge in [-0.15, -0.1) is 11.8 Å². The number of hydrogen-bond donors (Lipinski definition) is 1. The summed E-state index contributed by atoms with van der Waals surface area (Å²) in [5.41, 5.74) is 0.172. The number of carbonyl (C=O) groups is 1. The summed E-state index contributed by atoms with van der Waals surface area (Å²) in [6, 6.07) is 18.9. The number of aromatic nitrogens is 2. The normalized spacial score (nSPS) is 11.0. The van der Waals surface area contributed by atoms with Crippen molar-refractivity contribution >= 4 is 51.0 Å². The van der Waals surface area contributed by atoms with Crippen LogP contribution in [0.15, 0.2) is 70.4 Å². The average molecular weight is 411 g/mol. The Kier molecular flexibility index (Phi) is 5.32. The van der Waals surface area contributed by atoms with Gasteiger partial charge in [-0.3, -0.25) is 9.59 Å². The van der Waals surface area contributed by atoms with E-state index in [-0.39, 0.29) is 29.7 Å². The number of halogens is 1. The molecule has 28 heavy (non-hydrogen) atoms. The predicted molar refractivity (Wildman–Crippen MR) is 112 cm³/mol. The Morgan fingerprint density at radius 2 is 1.89 bits per heavy atom. The van der Waals surface area contributed by atoms with Crippen LogP contribution in [-0.4, -0.2) is 21.7 Å². The standard InChI is InChI=1S/C21H15ClN2O3S/c22-15-6-8-17-18(10-15)23-19(24-21(17)26)11-27-20(25)12-28-16-7-5-13-3-1-2-4-14(13)9-16/h1-10H,11-12H2,(H,23,24,26). The van der Waals surface area contributed by atoms with Gasteiger partial charge >= 0.3 is 5.97 Å². The van der Waals surface area contributed by atoms with Crippen LogP contribution in [0.4, 0.5) is 0 Å². The van der Waals surface area contributed by atoms with Gasteiger partial charge in [-0.1, -0.05) is 41.9 Å². The third-order valence-electron chi connectivity index (χ3n) is 4.17. The summed E-state index contributed by atoms with van der Waals surface area (Å²) < 4.78 is 5.25. The number of nitrogens with one attached hydrogen (secondary N) is 1. The summed E-state index contributed by atoms with van der Waals surface area (Å²) >= 11 is 7.35. The molecule has 0 atom stereocenters. The van der Waals surface area contributed by atoms with Crippen molar-refractivity contribution in [3.63, 3.8) is 0 Å². The lowest BCUT2D eigenvalue weighted by Gasteiger charge is -2.06. The molecule has 4 rings (SSSR count). The number of aromatic amines is 1. The molecule has 5 nitrogen and oxygen atoms in total. The van der Waals surface area contributed by atoms with E-state index >= 15 is 0 Å². The first-order valence-electron chi connectivity index (χ1n) is 8.54. The van der Waals surface area contributed by atoms with Gasteiger partial charge in [0.2, 0.25) is 0 Å². The first-order valence-corrected chi connectivity index (χ1v) is 9.90. The van der Waals surface area contributed by atoms with Crippen LogP contribution in [0.5, 0.6) is 0 Å². The molecule has 0 unspecified atom stereocenters. The lowest BCUT2D eigenvalue weighted by atomic mass is 10.1. The molecule has 1 N–H and O–H groups in total. The molecule has 3 aromatic carbocycles. The van der Waals surface area contributed by atoms with Crippen LogP contribution in [-0.2, 0) is 16.1 Å². The average Bonchev–Trinajstić information content (AvgIpc) is 2.70. The molecule has 4 aromatic rings. The molecule has 0 aliphatic rings. The number of hydrogen-bond acceptors (Lipinski definition) is 5. The van der Waals surface area contributed by atoms with Crippen molar-refractivity contribution in [1.82, 2.24) is 9.97 Å². The highest BCUT2D eigenvalue weighted by Crippen LogP contribution is 2.23. The zero-order valence-corrected chi connectivity index (χ0v) is 16.2. The molecule has 0 bridgehead atoms. The second-order valence-corrected chi connectivity index (χ2v) is 7.62. The third-order valence-corrected chi connectivity index (χ3v) is 5.37. The third kappa shape index (κ3) is 4.18. The Bertz CT molecular complexity index is 1240. The zero-order chi connectivity index (χ0) is 19.5. The van der Waals surface area contributed by atoms with E-state index in [1.807, 2.05) is 42.5 Å². The molecule has 0 radical (unpaired) electrons. The summed E-state index contributed by atoms with van der Waals surface area (Å²) in [4.78, 5) is 32.1. The van der Waals surface area contributed by atoms with Gasteiger partial charge < -0.3 is 9.72 Å². The molecule has 0 spiro atoms. The van der Waals surface area contributed by atoms with Gasteiger partial charge in [0.15, 0.2) is 0 Å². The lowest BCUT2D eigenvalue weighted by molar-refractivity contribution is -0.141. The SMILES string of the molecule is O=C(CSc1ccc2ccccc2c1)OCc1nc2cc(Cl)ccc2c(=O)[nH]1. The van der Waals surface area contributed by atoms with Gasteiger partial charge in [-0.2, -0.15) is 0 Å². The fourth-order valence-electron chi connectivity index (χ4n) is 2.82. The molecule has 0 saturated heterocycles. The molecule has 0 aliphatic heterocycles. The van der Waals surface area contributed by atoms with Crippen molar-refractivity contribution in [3.8, 4) is 0 Å². The van der Waals surface area contributed by atoms with Crippen LogP contribution in [0.3, 0.4) is 0 Å². The summed E-state index contributed by atoms with van der Waals surface area (Å²) in [5, 5.41) is 3.20. The minimum absolute atomic E-state index is 0.102. The molecule has 0 saturated carbocycles. The van der Waals surface area contributed by atoms with Crippen LogP contribution in [0, 0.1) is 0 Å². The Morgan fingerprint density at radius 1 is 1.07 bits per heavy atom. The van der Waals surface area contributed by atoms with E-state index in [9.17, 15) is 9.59 Å². The van der Waals surface area contributed by atoms with E-state index < -0.39 is 0 Å². The number of rotatable bonds is 5. The molecule has 0 amide bonds. The number of nitrogens with zero attached hydrogens (tertiary/aromatic N) is 1. The van der Waals surface area contributed by atoms with Crippen LogP contribution in [0.25, 0.3) is 21.7 Å². The summed E-state index contributed by atoms with van der Waals surface area (Å²) in [6.07, 6.45) is 0. The number of H-pyrrole nitrogens is 1. The highest BCUT2D eigenvalue weighted by atomic mass is 35.5. The minimum atomic E-state index is -0.382. The maximum absolute atomic E-state index is 12.1. The van der Waals surface area contributed by atoms with Gasteiger partial charge in [-0.25, -0.2) is 4.98 Å². The predicted octanol–water partition coefficient (Wildman–Crippen LogP) is 4.57. The number of ether oxygens (including phenoxy) is 1. The fraction of sp³-hybridized carbons (Fsp3) is 0.0952. The second-order valence-electron chi connectivity index (χ2n) is 6.13. The van der Waals surface area contributed by atoms with E-state index in [1.54, 1.807) is 18.2 Å². The number of esters is 1. The van der Waals surface area contributed by atoms with Crippen LogP contribution < -0.4 is 5.56 Å². The van der Waals surface area contributed by atoms with Crippen LogP contribution >= 0.6 is 23.4 Å². The highest BCUT2D eigenvalue weighted by Gasteiger charge is 2.09. The van der Waals surface area contributed by atoms with Crippen molar-refractivity contribution in [2.75, 3.05) is 5.75 Å². The Balaban J connectivity index is 1.38. The minimum Gasteiger partial charge on any atom is -0.457 e. The van der Waals surface area contributed by atoms with Gasteiger partial charge in [0, 0.05) is 9.92 Å².